The maximum Gasteiger partial charge on any atom is 0.224 e. The van der Waals surface area contributed by atoms with Crippen LogP contribution < -0.4 is 5.32 Å². The number of carbonyl (C=O) groups excluding carboxylic acids is 1. The molecule has 0 aromatic heterocycles. The van der Waals surface area contributed by atoms with Crippen LogP contribution >= 0.6 is 0 Å². The van der Waals surface area contributed by atoms with Gasteiger partial charge in [0.15, 0.2) is 0 Å². The van der Waals surface area contributed by atoms with Crippen molar-refractivity contribution < 1.29 is 4.79 Å². The fraction of sp³-hybridized carbons (Fsp3) is 0.750. The molecule has 0 bridgehead atoms. The van der Waals surface area contributed by atoms with E-state index in [1.165, 1.54) is 57.8 Å². The van der Waals surface area contributed by atoms with E-state index >= 15 is 0 Å². The zero-order valence-electron chi connectivity index (χ0n) is 19.1. The molecule has 2 nitrogen and oxygen atoms in total. The summed E-state index contributed by atoms with van der Waals surface area (Å²) >= 11 is 0. The van der Waals surface area contributed by atoms with Crippen LogP contribution in [0.25, 0.3) is 0 Å². The molecule has 4 fully saturated rings. The van der Waals surface area contributed by atoms with Crippen molar-refractivity contribution in [2.45, 2.75) is 78.1 Å². The Labute approximate surface area is 183 Å². The van der Waals surface area contributed by atoms with Crippen LogP contribution in [0.2, 0.25) is 0 Å². The fourth-order valence-corrected chi connectivity index (χ4v) is 8.61. The zero-order valence-corrected chi connectivity index (χ0v) is 19.1. The second-order valence-electron chi connectivity index (χ2n) is 11.6. The van der Waals surface area contributed by atoms with Gasteiger partial charge in [0.2, 0.25) is 5.91 Å². The molecule has 1 N–H and O–H groups in total. The molecule has 0 aliphatic heterocycles. The first-order valence-electron chi connectivity index (χ1n) is 12.8. The first kappa shape index (κ1) is 20.6. The van der Waals surface area contributed by atoms with Crippen molar-refractivity contribution >= 4 is 5.91 Å². The molecule has 1 amide bonds. The Kier molecular flexibility index (Phi) is 5.71. The highest BCUT2D eigenvalue weighted by atomic mass is 16.1. The minimum Gasteiger partial charge on any atom is -0.356 e. The lowest BCUT2D eigenvalue weighted by atomic mass is 9.49. The van der Waals surface area contributed by atoms with Crippen LogP contribution in [0.4, 0.5) is 0 Å². The molecule has 164 valence electrons. The number of fused-ring (bicyclic) bond motifs is 5. The number of carbonyl (C=O) groups is 1. The first-order chi connectivity index (χ1) is 14.5. The summed E-state index contributed by atoms with van der Waals surface area (Å²) in [6.45, 7) is 5.96. The summed E-state index contributed by atoms with van der Waals surface area (Å²) in [6, 6.07) is 10.2. The summed E-state index contributed by atoms with van der Waals surface area (Å²) in [5, 5.41) is 3.31. The molecular formula is C28H41NO. The highest BCUT2D eigenvalue weighted by molar-refractivity contribution is 5.78. The topological polar surface area (TPSA) is 29.1 Å². The van der Waals surface area contributed by atoms with Gasteiger partial charge in [-0.15, -0.1) is 0 Å². The summed E-state index contributed by atoms with van der Waals surface area (Å²) in [6.07, 6.45) is 13.6. The molecule has 30 heavy (non-hydrogen) atoms. The van der Waals surface area contributed by atoms with E-state index in [0.717, 1.165) is 47.6 Å². The second kappa shape index (κ2) is 8.32. The SMILES string of the molecule is CC1CCC2C(CCC3C2CCC2(C)C(CNC(=O)Cc4ccccc4)CCC32)C1. The Morgan fingerprint density at radius 2 is 1.77 bits per heavy atom. The van der Waals surface area contributed by atoms with E-state index in [1.807, 2.05) is 18.2 Å². The van der Waals surface area contributed by atoms with Crippen LogP contribution in [-0.2, 0) is 11.2 Å². The van der Waals surface area contributed by atoms with Gasteiger partial charge in [-0.25, -0.2) is 0 Å². The maximum absolute atomic E-state index is 12.5. The van der Waals surface area contributed by atoms with Gasteiger partial charge >= 0.3 is 0 Å². The van der Waals surface area contributed by atoms with Crippen LogP contribution in [0.1, 0.15) is 77.2 Å². The summed E-state index contributed by atoms with van der Waals surface area (Å²) in [5.41, 5.74) is 1.57. The molecule has 5 rings (SSSR count). The third-order valence-electron chi connectivity index (χ3n) is 10.2. The van der Waals surface area contributed by atoms with Crippen molar-refractivity contribution in [2.24, 2.45) is 46.8 Å². The van der Waals surface area contributed by atoms with Crippen molar-refractivity contribution in [3.8, 4) is 0 Å². The van der Waals surface area contributed by atoms with E-state index in [-0.39, 0.29) is 5.91 Å². The normalized spacial score (nSPS) is 42.7. The van der Waals surface area contributed by atoms with E-state index < -0.39 is 0 Å². The molecule has 0 radical (unpaired) electrons. The van der Waals surface area contributed by atoms with Gasteiger partial charge in [0.05, 0.1) is 6.42 Å². The molecule has 2 heteroatoms. The van der Waals surface area contributed by atoms with Crippen LogP contribution in [-0.4, -0.2) is 12.5 Å². The lowest BCUT2D eigenvalue weighted by molar-refractivity contribution is -0.121. The number of amides is 1. The zero-order chi connectivity index (χ0) is 20.7. The van der Waals surface area contributed by atoms with Crippen LogP contribution in [0.3, 0.4) is 0 Å². The van der Waals surface area contributed by atoms with Crippen LogP contribution in [0.5, 0.6) is 0 Å². The number of rotatable bonds is 4. The van der Waals surface area contributed by atoms with Crippen molar-refractivity contribution in [3.63, 3.8) is 0 Å². The average molecular weight is 408 g/mol. The van der Waals surface area contributed by atoms with Gasteiger partial charge < -0.3 is 5.32 Å². The molecule has 0 saturated heterocycles. The Morgan fingerprint density at radius 3 is 2.60 bits per heavy atom. The lowest BCUT2D eigenvalue weighted by Crippen LogP contribution is -2.49. The first-order valence-corrected chi connectivity index (χ1v) is 12.8. The molecule has 4 aliphatic rings. The number of hydrogen-bond acceptors (Lipinski definition) is 1. The Hall–Kier alpha value is -1.31. The Morgan fingerprint density at radius 1 is 0.967 bits per heavy atom. The predicted molar refractivity (Wildman–Crippen MR) is 123 cm³/mol. The molecule has 1 aromatic rings. The summed E-state index contributed by atoms with van der Waals surface area (Å²) in [4.78, 5) is 12.5. The quantitative estimate of drug-likeness (QED) is 0.628. The molecule has 0 heterocycles. The maximum atomic E-state index is 12.5. The molecule has 0 spiro atoms. The summed E-state index contributed by atoms with van der Waals surface area (Å²) < 4.78 is 0. The molecule has 1 aromatic carbocycles. The second-order valence-corrected chi connectivity index (χ2v) is 11.6. The van der Waals surface area contributed by atoms with Crippen LogP contribution in [0, 0.1) is 46.8 Å². The molecule has 8 unspecified atom stereocenters. The van der Waals surface area contributed by atoms with Crippen molar-refractivity contribution in [3.05, 3.63) is 35.9 Å². The number of nitrogens with one attached hydrogen (secondary N) is 1. The van der Waals surface area contributed by atoms with Crippen LogP contribution in [0.15, 0.2) is 30.3 Å². The standard InChI is InChI=1S/C28H41NO/c1-19-8-11-23-21(16-19)9-12-25-24(23)14-15-28(2)22(10-13-26(25)28)18-29-27(30)17-20-6-4-3-5-7-20/h3-7,19,21-26H,8-18H2,1-2H3,(H,29,30). The third kappa shape index (κ3) is 3.73. The highest BCUT2D eigenvalue weighted by Crippen LogP contribution is 2.64. The predicted octanol–water partition coefficient (Wildman–Crippen LogP) is 6.25. The van der Waals surface area contributed by atoms with E-state index in [4.69, 9.17) is 0 Å². The van der Waals surface area contributed by atoms with Gasteiger partial charge in [0.25, 0.3) is 0 Å². The lowest BCUT2D eigenvalue weighted by Gasteiger charge is -2.56. The third-order valence-corrected chi connectivity index (χ3v) is 10.2. The van der Waals surface area contributed by atoms with Crippen molar-refractivity contribution in [1.82, 2.24) is 5.32 Å². The number of benzene rings is 1. The van der Waals surface area contributed by atoms with E-state index in [2.05, 4.69) is 31.3 Å². The van der Waals surface area contributed by atoms with Gasteiger partial charge in [-0.3, -0.25) is 4.79 Å². The Balaban J connectivity index is 1.20. The molecule has 8 atom stereocenters. The van der Waals surface area contributed by atoms with Gasteiger partial charge in [-0.2, -0.15) is 0 Å². The number of hydrogen-bond donors (Lipinski definition) is 1. The van der Waals surface area contributed by atoms with Gasteiger partial charge in [-0.1, -0.05) is 50.6 Å². The van der Waals surface area contributed by atoms with Gasteiger partial charge in [0, 0.05) is 6.54 Å². The largest absolute Gasteiger partial charge is 0.356 e. The summed E-state index contributed by atoms with van der Waals surface area (Å²) in [7, 11) is 0. The van der Waals surface area contributed by atoms with Gasteiger partial charge in [0.1, 0.15) is 0 Å². The fourth-order valence-electron chi connectivity index (χ4n) is 8.61. The van der Waals surface area contributed by atoms with E-state index in [1.54, 1.807) is 0 Å². The minimum atomic E-state index is 0.193. The molecule has 4 aliphatic carbocycles. The van der Waals surface area contributed by atoms with E-state index in [9.17, 15) is 4.79 Å². The average Bonchev–Trinajstić information content (AvgIpc) is 3.09. The smallest absolute Gasteiger partial charge is 0.224 e. The van der Waals surface area contributed by atoms with Crippen molar-refractivity contribution in [1.29, 1.82) is 0 Å². The highest BCUT2D eigenvalue weighted by Gasteiger charge is 2.56. The van der Waals surface area contributed by atoms with Crippen molar-refractivity contribution in [2.75, 3.05) is 6.54 Å². The summed E-state index contributed by atoms with van der Waals surface area (Å²) in [5.74, 6) is 6.80. The Bertz CT molecular complexity index is 744. The molecular weight excluding hydrogens is 366 g/mol. The molecule has 4 saturated carbocycles. The van der Waals surface area contributed by atoms with E-state index in [0.29, 0.717) is 17.8 Å². The minimum absolute atomic E-state index is 0.193. The monoisotopic (exact) mass is 407 g/mol. The van der Waals surface area contributed by atoms with Gasteiger partial charge in [-0.05, 0) is 104 Å².